The van der Waals surface area contributed by atoms with Crippen molar-refractivity contribution in [2.24, 2.45) is 5.10 Å². The number of halogens is 2. The molecule has 0 unspecified atom stereocenters. The monoisotopic (exact) mass is 499 g/mol. The number of rotatable bonds is 6. The molecule has 10 heteroatoms. The van der Waals surface area contributed by atoms with E-state index >= 15 is 0 Å². The second-order valence-corrected chi connectivity index (χ2v) is 7.68. The number of hydrogen-bond donors (Lipinski definition) is 2. The Morgan fingerprint density at radius 2 is 1.68 bits per heavy atom. The van der Waals surface area contributed by atoms with E-state index in [4.69, 9.17) is 32.7 Å². The largest absolute Gasteiger partial charge is 0.497 e. The zero-order chi connectivity index (χ0) is 24.7. The number of methoxy groups -OCH3 is 1. The van der Waals surface area contributed by atoms with Crippen molar-refractivity contribution in [2.45, 2.75) is 6.92 Å². The molecule has 0 atom stereocenters. The minimum Gasteiger partial charge on any atom is -0.497 e. The number of hydrogen-bond acceptors (Lipinski definition) is 6. The van der Waals surface area contributed by atoms with Gasteiger partial charge in [-0.2, -0.15) is 5.10 Å². The number of para-hydroxylation sites is 1. The molecule has 8 nitrogen and oxygen atoms in total. The van der Waals surface area contributed by atoms with Gasteiger partial charge in [0.05, 0.1) is 29.1 Å². The number of benzene rings is 3. The fraction of sp³-hybridized carbons (Fsp3) is 0.0833. The van der Waals surface area contributed by atoms with E-state index in [0.29, 0.717) is 27.6 Å². The fourth-order valence-corrected chi connectivity index (χ4v) is 3.12. The Balaban J connectivity index is 1.70. The van der Waals surface area contributed by atoms with Crippen molar-refractivity contribution in [3.63, 3.8) is 0 Å². The number of esters is 1. The van der Waals surface area contributed by atoms with Crippen LogP contribution in [0.15, 0.2) is 71.8 Å². The number of nitrogens with one attached hydrogen (secondary N) is 2. The van der Waals surface area contributed by atoms with Crippen LogP contribution in [-0.4, -0.2) is 30.6 Å². The Labute approximate surface area is 205 Å². The third kappa shape index (κ3) is 6.34. The first-order valence-corrected chi connectivity index (χ1v) is 10.6. The summed E-state index contributed by atoms with van der Waals surface area (Å²) in [5.41, 5.74) is 3.39. The molecule has 0 aliphatic carbocycles. The van der Waals surface area contributed by atoms with Crippen LogP contribution in [0.25, 0.3) is 0 Å². The van der Waals surface area contributed by atoms with E-state index in [9.17, 15) is 14.4 Å². The molecule has 0 spiro atoms. The van der Waals surface area contributed by atoms with Crippen molar-refractivity contribution < 1.29 is 23.9 Å². The molecule has 0 bridgehead atoms. The van der Waals surface area contributed by atoms with Crippen molar-refractivity contribution in [3.05, 3.63) is 87.9 Å². The molecule has 0 fully saturated rings. The van der Waals surface area contributed by atoms with Crippen LogP contribution in [0.2, 0.25) is 10.0 Å². The van der Waals surface area contributed by atoms with Gasteiger partial charge in [0.1, 0.15) is 11.5 Å². The van der Waals surface area contributed by atoms with Gasteiger partial charge >= 0.3 is 17.8 Å². The Morgan fingerprint density at radius 1 is 0.912 bits per heavy atom. The first kappa shape index (κ1) is 24.8. The SMILES string of the molecule is COc1cccc(C(=O)Oc2ccccc2C(C)=NNC(=O)C(=O)Nc2cc(Cl)ccc2Cl)c1. The molecule has 0 saturated carbocycles. The van der Waals surface area contributed by atoms with Gasteiger partial charge in [-0.25, -0.2) is 10.2 Å². The quantitative estimate of drug-likeness (QED) is 0.168. The summed E-state index contributed by atoms with van der Waals surface area (Å²) in [4.78, 5) is 36.9. The maximum Gasteiger partial charge on any atom is 0.343 e. The molecule has 3 aromatic carbocycles. The fourth-order valence-electron chi connectivity index (χ4n) is 2.78. The summed E-state index contributed by atoms with van der Waals surface area (Å²) in [5.74, 6) is -1.87. The van der Waals surface area contributed by atoms with E-state index in [-0.39, 0.29) is 16.5 Å². The normalized spacial score (nSPS) is 10.9. The van der Waals surface area contributed by atoms with E-state index in [1.165, 1.54) is 19.2 Å². The van der Waals surface area contributed by atoms with Gasteiger partial charge in [-0.3, -0.25) is 9.59 Å². The molecular formula is C24H19Cl2N3O5. The minimum absolute atomic E-state index is 0.185. The molecule has 3 rings (SSSR count). The molecule has 2 amide bonds. The van der Waals surface area contributed by atoms with Crippen LogP contribution < -0.4 is 20.2 Å². The van der Waals surface area contributed by atoms with Gasteiger partial charge in [0, 0.05) is 10.6 Å². The highest BCUT2D eigenvalue weighted by molar-refractivity contribution is 6.42. The van der Waals surface area contributed by atoms with Crippen molar-refractivity contribution in [1.82, 2.24) is 5.43 Å². The highest BCUT2D eigenvalue weighted by Crippen LogP contribution is 2.25. The Kier molecular flexibility index (Phi) is 8.24. The molecule has 0 aliphatic rings. The van der Waals surface area contributed by atoms with E-state index in [0.717, 1.165) is 0 Å². The highest BCUT2D eigenvalue weighted by atomic mass is 35.5. The summed E-state index contributed by atoms with van der Waals surface area (Å²) in [6.07, 6.45) is 0. The van der Waals surface area contributed by atoms with Gasteiger partial charge in [-0.1, -0.05) is 41.4 Å². The van der Waals surface area contributed by atoms with Crippen molar-refractivity contribution in [1.29, 1.82) is 0 Å². The molecule has 0 heterocycles. The Bertz CT molecular complexity index is 1280. The predicted molar refractivity (Wildman–Crippen MR) is 130 cm³/mol. The predicted octanol–water partition coefficient (Wildman–Crippen LogP) is 4.70. The zero-order valence-electron chi connectivity index (χ0n) is 18.1. The van der Waals surface area contributed by atoms with Crippen molar-refractivity contribution >= 4 is 52.4 Å². The second-order valence-electron chi connectivity index (χ2n) is 6.83. The number of hydrazone groups is 1. The van der Waals surface area contributed by atoms with E-state index < -0.39 is 17.8 Å². The third-order valence-electron chi connectivity index (χ3n) is 4.49. The number of anilines is 1. The minimum atomic E-state index is -1.03. The lowest BCUT2D eigenvalue weighted by Gasteiger charge is -2.11. The lowest BCUT2D eigenvalue weighted by atomic mass is 10.1. The molecular weight excluding hydrogens is 481 g/mol. The molecule has 34 heavy (non-hydrogen) atoms. The highest BCUT2D eigenvalue weighted by Gasteiger charge is 2.17. The summed E-state index contributed by atoms with van der Waals surface area (Å²) in [7, 11) is 1.50. The maximum absolute atomic E-state index is 12.6. The Morgan fingerprint density at radius 3 is 2.44 bits per heavy atom. The standard InChI is InChI=1S/C24H19Cl2N3O5/c1-14(28-29-23(31)22(30)27-20-13-16(25)10-11-19(20)26)18-8-3-4-9-21(18)34-24(32)15-6-5-7-17(12-15)33-2/h3-13H,1-2H3,(H,27,30)(H,29,31). The van der Waals surface area contributed by atoms with Crippen LogP contribution in [0.5, 0.6) is 11.5 Å². The summed E-state index contributed by atoms with van der Waals surface area (Å²) < 4.78 is 10.6. The van der Waals surface area contributed by atoms with Gasteiger partial charge in [0.15, 0.2) is 0 Å². The Hall–Kier alpha value is -3.88. The average molecular weight is 500 g/mol. The summed E-state index contributed by atoms with van der Waals surface area (Å²) in [5, 5.41) is 6.88. The van der Waals surface area contributed by atoms with E-state index in [1.807, 2.05) is 0 Å². The molecule has 0 radical (unpaired) electrons. The van der Waals surface area contributed by atoms with Crippen LogP contribution in [0.1, 0.15) is 22.8 Å². The maximum atomic E-state index is 12.6. The first-order valence-electron chi connectivity index (χ1n) is 9.84. The van der Waals surface area contributed by atoms with Gasteiger partial charge in [0.25, 0.3) is 0 Å². The topological polar surface area (TPSA) is 106 Å². The molecule has 3 aromatic rings. The summed E-state index contributed by atoms with van der Waals surface area (Å²) in [6.45, 7) is 1.59. The van der Waals surface area contributed by atoms with Crippen LogP contribution in [0, 0.1) is 0 Å². The number of carbonyl (C=O) groups is 3. The van der Waals surface area contributed by atoms with Gasteiger partial charge < -0.3 is 14.8 Å². The number of amides is 2. The van der Waals surface area contributed by atoms with Gasteiger partial charge in [0.2, 0.25) is 0 Å². The number of ether oxygens (including phenoxy) is 2. The summed E-state index contributed by atoms with van der Waals surface area (Å²) in [6, 6.07) is 17.6. The molecule has 0 aromatic heterocycles. The van der Waals surface area contributed by atoms with Gasteiger partial charge in [-0.05, 0) is 55.5 Å². The number of nitrogens with zero attached hydrogens (tertiary/aromatic N) is 1. The van der Waals surface area contributed by atoms with E-state index in [1.54, 1.807) is 61.5 Å². The second kappa shape index (κ2) is 11.3. The first-order chi connectivity index (χ1) is 16.3. The van der Waals surface area contributed by atoms with Crippen LogP contribution in [0.3, 0.4) is 0 Å². The van der Waals surface area contributed by atoms with Crippen molar-refractivity contribution in [3.8, 4) is 11.5 Å². The number of carbonyl (C=O) groups excluding carboxylic acids is 3. The van der Waals surface area contributed by atoms with Crippen LogP contribution in [0.4, 0.5) is 5.69 Å². The lowest BCUT2D eigenvalue weighted by molar-refractivity contribution is -0.136. The average Bonchev–Trinajstić information content (AvgIpc) is 2.84. The summed E-state index contributed by atoms with van der Waals surface area (Å²) >= 11 is 11.9. The smallest absolute Gasteiger partial charge is 0.343 e. The van der Waals surface area contributed by atoms with Crippen LogP contribution in [-0.2, 0) is 9.59 Å². The molecule has 2 N–H and O–H groups in total. The lowest BCUT2D eigenvalue weighted by Crippen LogP contribution is -2.33. The third-order valence-corrected chi connectivity index (χ3v) is 5.06. The molecule has 0 saturated heterocycles. The molecule has 174 valence electrons. The van der Waals surface area contributed by atoms with Crippen LogP contribution >= 0.6 is 23.2 Å². The van der Waals surface area contributed by atoms with Gasteiger partial charge in [-0.15, -0.1) is 0 Å². The van der Waals surface area contributed by atoms with E-state index in [2.05, 4.69) is 15.8 Å². The van der Waals surface area contributed by atoms with Crippen molar-refractivity contribution in [2.75, 3.05) is 12.4 Å². The molecule has 0 aliphatic heterocycles. The zero-order valence-corrected chi connectivity index (χ0v) is 19.6.